The Morgan fingerprint density at radius 3 is 2.37 bits per heavy atom. The minimum Gasteiger partial charge on any atom is -0.347 e. The second-order valence-electron chi connectivity index (χ2n) is 11.9. The van der Waals surface area contributed by atoms with E-state index in [2.05, 4.69) is 31.2 Å². The van der Waals surface area contributed by atoms with Gasteiger partial charge < -0.3 is 26.2 Å². The summed E-state index contributed by atoms with van der Waals surface area (Å²) in [4.78, 5) is 86.2. The van der Waals surface area contributed by atoms with Gasteiger partial charge in [-0.25, -0.2) is 4.98 Å². The minimum absolute atomic E-state index is 0.0111. The van der Waals surface area contributed by atoms with E-state index in [0.29, 0.717) is 13.0 Å². The van der Waals surface area contributed by atoms with E-state index in [1.54, 1.807) is 20.8 Å². The zero-order valence-electron chi connectivity index (χ0n) is 24.4. The van der Waals surface area contributed by atoms with Gasteiger partial charge >= 0.3 is 0 Å². The molecule has 5 amide bonds. The third-order valence-corrected chi connectivity index (χ3v) is 7.18. The highest BCUT2D eigenvalue weighted by molar-refractivity contribution is 6.38. The lowest BCUT2D eigenvalue weighted by Crippen LogP contribution is -2.59. The van der Waals surface area contributed by atoms with Gasteiger partial charge in [0.1, 0.15) is 17.8 Å². The molecule has 0 bridgehead atoms. The number of hydrogen-bond acceptors (Lipinski definition) is 8. The molecule has 1 aromatic heterocycles. The van der Waals surface area contributed by atoms with Crippen LogP contribution in [0.2, 0.25) is 0 Å². The molecule has 1 saturated carbocycles. The molecule has 0 spiro atoms. The average Bonchev–Trinajstić information content (AvgIpc) is 3.64. The van der Waals surface area contributed by atoms with Crippen molar-refractivity contribution in [2.45, 2.75) is 90.9 Å². The first-order valence-corrected chi connectivity index (χ1v) is 14.1. The predicted octanol–water partition coefficient (Wildman–Crippen LogP) is 0.107. The van der Waals surface area contributed by atoms with E-state index in [4.69, 9.17) is 0 Å². The maximum absolute atomic E-state index is 13.9. The van der Waals surface area contributed by atoms with Crippen molar-refractivity contribution in [2.24, 2.45) is 11.3 Å². The van der Waals surface area contributed by atoms with Crippen molar-refractivity contribution < 1.29 is 28.8 Å². The maximum Gasteiger partial charge on any atom is 0.289 e. The van der Waals surface area contributed by atoms with Gasteiger partial charge in [0.15, 0.2) is 0 Å². The van der Waals surface area contributed by atoms with Gasteiger partial charge in [-0.15, -0.1) is 0 Å². The van der Waals surface area contributed by atoms with Crippen LogP contribution in [0.1, 0.15) is 77.2 Å². The Balaban J connectivity index is 1.69. The summed E-state index contributed by atoms with van der Waals surface area (Å²) in [6.45, 7) is 8.78. The van der Waals surface area contributed by atoms with Crippen LogP contribution in [0.3, 0.4) is 0 Å². The van der Waals surface area contributed by atoms with Crippen molar-refractivity contribution in [3.05, 3.63) is 24.3 Å². The zero-order chi connectivity index (χ0) is 30.3. The second-order valence-corrected chi connectivity index (χ2v) is 11.9. The summed E-state index contributed by atoms with van der Waals surface area (Å²) in [6.07, 6.45) is 7.78. The van der Waals surface area contributed by atoms with Crippen molar-refractivity contribution >= 4 is 35.3 Å². The van der Waals surface area contributed by atoms with Crippen LogP contribution >= 0.6 is 0 Å². The first kappa shape index (κ1) is 31.6. The van der Waals surface area contributed by atoms with E-state index in [9.17, 15) is 28.8 Å². The minimum atomic E-state index is -1.06. The summed E-state index contributed by atoms with van der Waals surface area (Å²) in [5, 5.41) is 10.4. The van der Waals surface area contributed by atoms with E-state index < -0.39 is 58.9 Å². The molecule has 1 aliphatic carbocycles. The van der Waals surface area contributed by atoms with E-state index in [1.807, 2.05) is 6.92 Å². The van der Waals surface area contributed by atoms with E-state index in [0.717, 1.165) is 25.7 Å². The fourth-order valence-electron chi connectivity index (χ4n) is 4.78. The standard InChI is InChI=1S/C28H41N7O6/c1-6-7-17-12-20(25(39)32-16(2)22(37)26(40)33-18-8-9-18)35(15-17)27(41)23(28(3,4)5)34-21(36)14-31-24(38)19-13-29-10-11-30-19/h10-11,13,16-18,20,23H,6-9,12,14-15H2,1-5H3,(H,31,38)(H,32,39)(H,33,40)(H,34,36)/t16-,17+,20?,23?/m0/s1. The molecule has 13 nitrogen and oxygen atoms in total. The van der Waals surface area contributed by atoms with Crippen molar-refractivity contribution in [1.82, 2.24) is 36.1 Å². The summed E-state index contributed by atoms with van der Waals surface area (Å²) in [7, 11) is 0. The molecule has 2 heterocycles. The molecule has 1 aromatic rings. The summed E-state index contributed by atoms with van der Waals surface area (Å²) in [5.41, 5.74) is -0.676. The fraction of sp³-hybridized carbons (Fsp3) is 0.643. The molecular weight excluding hydrogens is 530 g/mol. The summed E-state index contributed by atoms with van der Waals surface area (Å²) < 4.78 is 0. The Morgan fingerprint density at radius 1 is 1.07 bits per heavy atom. The van der Waals surface area contributed by atoms with Gasteiger partial charge in [0.2, 0.25) is 23.5 Å². The smallest absolute Gasteiger partial charge is 0.289 e. The molecule has 41 heavy (non-hydrogen) atoms. The topological polar surface area (TPSA) is 180 Å². The molecule has 1 aliphatic heterocycles. The first-order chi connectivity index (χ1) is 19.3. The quantitative estimate of drug-likeness (QED) is 0.255. The Bertz CT molecular complexity index is 1150. The SMILES string of the molecule is CCC[C@@H]1CC(C(=O)N[C@@H](C)C(=O)C(=O)NC2CC2)N(C(=O)C(NC(=O)CNC(=O)c2cnccn2)C(C)(C)C)C1. The Morgan fingerprint density at radius 2 is 1.78 bits per heavy atom. The van der Waals surface area contributed by atoms with E-state index in [-0.39, 0.29) is 24.2 Å². The van der Waals surface area contributed by atoms with Crippen LogP contribution < -0.4 is 21.3 Å². The monoisotopic (exact) mass is 571 g/mol. The number of likely N-dealkylation sites (tertiary alicyclic amines) is 1. The van der Waals surface area contributed by atoms with Crippen molar-refractivity contribution in [3.8, 4) is 0 Å². The fourth-order valence-corrected chi connectivity index (χ4v) is 4.78. The number of nitrogens with one attached hydrogen (secondary N) is 4. The van der Waals surface area contributed by atoms with E-state index in [1.165, 1.54) is 30.4 Å². The van der Waals surface area contributed by atoms with Gasteiger partial charge in [-0.05, 0) is 43.9 Å². The van der Waals surface area contributed by atoms with E-state index >= 15 is 0 Å². The van der Waals surface area contributed by atoms with Crippen molar-refractivity contribution in [2.75, 3.05) is 13.1 Å². The Labute approximate surface area is 240 Å². The van der Waals surface area contributed by atoms with Gasteiger partial charge in [0, 0.05) is 25.0 Å². The van der Waals surface area contributed by atoms with Crippen LogP contribution in [0.5, 0.6) is 0 Å². The number of carbonyl (C=O) groups is 6. The number of ketones is 1. The summed E-state index contributed by atoms with van der Waals surface area (Å²) >= 11 is 0. The van der Waals surface area contributed by atoms with Crippen LogP contribution in [0.15, 0.2) is 18.6 Å². The number of aromatic nitrogens is 2. The zero-order valence-corrected chi connectivity index (χ0v) is 24.4. The van der Waals surface area contributed by atoms with Gasteiger partial charge in [0.05, 0.1) is 18.8 Å². The molecule has 13 heteroatoms. The largest absolute Gasteiger partial charge is 0.347 e. The lowest BCUT2D eigenvalue weighted by atomic mass is 9.85. The number of rotatable bonds is 12. The third-order valence-electron chi connectivity index (χ3n) is 7.18. The van der Waals surface area contributed by atoms with Gasteiger partial charge in [-0.3, -0.25) is 33.8 Å². The molecule has 2 unspecified atom stereocenters. The first-order valence-electron chi connectivity index (χ1n) is 14.1. The van der Waals surface area contributed by atoms with Crippen LogP contribution in [0, 0.1) is 11.3 Å². The normalized spacial score (nSPS) is 20.0. The average molecular weight is 572 g/mol. The lowest BCUT2D eigenvalue weighted by Gasteiger charge is -2.35. The van der Waals surface area contributed by atoms with Crippen molar-refractivity contribution in [3.63, 3.8) is 0 Å². The van der Waals surface area contributed by atoms with Crippen LogP contribution in [-0.4, -0.2) is 87.4 Å². The molecule has 0 radical (unpaired) electrons. The highest BCUT2D eigenvalue weighted by atomic mass is 16.2. The summed E-state index contributed by atoms with van der Waals surface area (Å²) in [6, 6.07) is -2.90. The van der Waals surface area contributed by atoms with Crippen molar-refractivity contribution in [1.29, 1.82) is 0 Å². The predicted molar refractivity (Wildman–Crippen MR) is 148 cm³/mol. The molecule has 4 atom stereocenters. The molecular formula is C28H41N7O6. The molecule has 3 rings (SSSR count). The Kier molecular flexibility index (Phi) is 10.5. The highest BCUT2D eigenvalue weighted by Gasteiger charge is 2.45. The Hall–Kier alpha value is -3.90. The van der Waals surface area contributed by atoms with Gasteiger partial charge in [-0.2, -0.15) is 0 Å². The molecule has 224 valence electrons. The number of hydrogen-bond donors (Lipinski definition) is 4. The maximum atomic E-state index is 13.9. The summed E-state index contributed by atoms with van der Waals surface area (Å²) in [5.74, 6) is -3.53. The number of amides is 5. The molecule has 0 aromatic carbocycles. The molecule has 1 saturated heterocycles. The van der Waals surface area contributed by atoms with Gasteiger partial charge in [0.25, 0.3) is 11.8 Å². The van der Waals surface area contributed by atoms with Crippen LogP contribution in [-0.2, 0) is 24.0 Å². The lowest BCUT2D eigenvalue weighted by molar-refractivity contribution is -0.145. The van der Waals surface area contributed by atoms with Gasteiger partial charge in [-0.1, -0.05) is 34.1 Å². The molecule has 2 aliphatic rings. The highest BCUT2D eigenvalue weighted by Crippen LogP contribution is 2.30. The number of Topliss-reactive ketones (excluding diaryl/α,β-unsaturated/α-hetero) is 1. The number of nitrogens with zero attached hydrogens (tertiary/aromatic N) is 3. The van der Waals surface area contributed by atoms with Crippen LogP contribution in [0.4, 0.5) is 0 Å². The molecule has 2 fully saturated rings. The number of carbonyl (C=O) groups excluding carboxylic acids is 6. The second kappa shape index (κ2) is 13.6. The third kappa shape index (κ3) is 8.79. The molecule has 4 N–H and O–H groups in total. The van der Waals surface area contributed by atoms with Crippen LogP contribution in [0.25, 0.3) is 0 Å².